The van der Waals surface area contributed by atoms with Crippen LogP contribution < -0.4 is 10.6 Å². The molecule has 206 valence electrons. The number of nitrogens with one attached hydrogen (secondary N) is 2. The van der Waals surface area contributed by atoms with Gasteiger partial charge in [-0.15, -0.1) is 0 Å². The number of likely N-dealkylation sites (N-methyl/N-ethyl adjacent to an activating group) is 1. The molecule has 2 amide bonds. The van der Waals surface area contributed by atoms with E-state index in [0.717, 1.165) is 16.1 Å². The van der Waals surface area contributed by atoms with Gasteiger partial charge in [0.05, 0.1) is 12.8 Å². The summed E-state index contributed by atoms with van der Waals surface area (Å²) in [4.78, 5) is 26.8. The van der Waals surface area contributed by atoms with E-state index in [-0.39, 0.29) is 43.7 Å². The summed E-state index contributed by atoms with van der Waals surface area (Å²) in [5, 5.41) is 16.8. The quantitative estimate of drug-likeness (QED) is 0.283. The minimum atomic E-state index is -3.63. The van der Waals surface area contributed by atoms with Crippen LogP contribution in [0.3, 0.4) is 0 Å². The summed E-state index contributed by atoms with van der Waals surface area (Å²) in [7, 11) is -0.00742. The van der Waals surface area contributed by atoms with Crippen molar-refractivity contribution in [2.45, 2.75) is 65.6 Å². The molecule has 10 heteroatoms. The van der Waals surface area contributed by atoms with Gasteiger partial charge in [-0.05, 0) is 43.8 Å². The number of carbonyl (C=O) groups is 2. The first-order valence-electron chi connectivity index (χ1n) is 12.5. The molecule has 0 saturated carbocycles. The van der Waals surface area contributed by atoms with Crippen molar-refractivity contribution in [1.82, 2.24) is 19.8 Å². The minimum Gasteiger partial charge on any atom is -0.377 e. The molecule has 36 heavy (non-hydrogen) atoms. The number of hydrogen-bond donors (Lipinski definition) is 3. The molecular weight excluding hydrogens is 480 g/mol. The van der Waals surface area contributed by atoms with Gasteiger partial charge in [-0.1, -0.05) is 58.0 Å². The van der Waals surface area contributed by atoms with Crippen molar-refractivity contribution >= 4 is 21.8 Å². The highest BCUT2D eigenvalue weighted by Gasteiger charge is 2.30. The van der Waals surface area contributed by atoms with Crippen molar-refractivity contribution in [2.75, 3.05) is 40.0 Å². The molecule has 0 saturated heterocycles. The summed E-state index contributed by atoms with van der Waals surface area (Å²) < 4.78 is 25.9. The zero-order valence-corrected chi connectivity index (χ0v) is 23.8. The van der Waals surface area contributed by atoms with Gasteiger partial charge in [0.2, 0.25) is 21.8 Å². The summed E-state index contributed by atoms with van der Waals surface area (Å²) in [5.74, 6) is -0.0504. The normalized spacial score (nSPS) is 14.2. The smallest absolute Gasteiger partial charge is 0.234 e. The molecule has 1 aromatic carbocycles. The van der Waals surface area contributed by atoms with Crippen molar-refractivity contribution in [3.05, 3.63) is 35.9 Å². The lowest BCUT2D eigenvalue weighted by atomic mass is 9.88. The number of amides is 2. The number of benzene rings is 1. The SMILES string of the molecule is CC(C)CCN(C(O)CC(Cc1ccccc1)NC(=O)CC(C)(C)CNC(=O)CN(C)C)S(C)(=O)=O. The van der Waals surface area contributed by atoms with Crippen molar-refractivity contribution in [3.63, 3.8) is 0 Å². The van der Waals surface area contributed by atoms with Gasteiger partial charge < -0.3 is 20.6 Å². The monoisotopic (exact) mass is 526 g/mol. The third-order valence-electron chi connectivity index (χ3n) is 5.73. The van der Waals surface area contributed by atoms with Crippen LogP contribution in [0.5, 0.6) is 0 Å². The number of carbonyl (C=O) groups excluding carboxylic acids is 2. The highest BCUT2D eigenvalue weighted by Crippen LogP contribution is 2.20. The zero-order valence-electron chi connectivity index (χ0n) is 23.0. The Kier molecular flexibility index (Phi) is 13.0. The summed E-state index contributed by atoms with van der Waals surface area (Å²) in [6, 6.07) is 9.09. The molecule has 1 aromatic rings. The van der Waals surface area contributed by atoms with E-state index in [2.05, 4.69) is 10.6 Å². The molecule has 0 aliphatic carbocycles. The van der Waals surface area contributed by atoms with E-state index in [0.29, 0.717) is 19.4 Å². The third-order valence-corrected chi connectivity index (χ3v) is 7.01. The molecule has 0 aromatic heterocycles. The maximum absolute atomic E-state index is 13.0. The minimum absolute atomic E-state index is 0.0613. The Balaban J connectivity index is 2.92. The maximum Gasteiger partial charge on any atom is 0.234 e. The van der Waals surface area contributed by atoms with Gasteiger partial charge >= 0.3 is 0 Å². The summed E-state index contributed by atoms with van der Waals surface area (Å²) in [5.41, 5.74) is 0.483. The van der Waals surface area contributed by atoms with Crippen LogP contribution in [0.1, 0.15) is 52.5 Å². The molecule has 2 atom stereocenters. The Labute approximate surface area is 217 Å². The molecule has 0 fully saturated rings. The van der Waals surface area contributed by atoms with Gasteiger partial charge in [0.25, 0.3) is 0 Å². The van der Waals surface area contributed by atoms with E-state index in [1.165, 1.54) is 0 Å². The van der Waals surface area contributed by atoms with Crippen molar-refractivity contribution in [3.8, 4) is 0 Å². The molecule has 0 aliphatic heterocycles. The van der Waals surface area contributed by atoms with Gasteiger partial charge in [-0.2, -0.15) is 4.31 Å². The largest absolute Gasteiger partial charge is 0.377 e. The van der Waals surface area contributed by atoms with Gasteiger partial charge in [-0.25, -0.2) is 8.42 Å². The van der Waals surface area contributed by atoms with Crippen LogP contribution >= 0.6 is 0 Å². The Morgan fingerprint density at radius 3 is 2.22 bits per heavy atom. The summed E-state index contributed by atoms with van der Waals surface area (Å²) in [6.07, 6.45) is 1.13. The number of rotatable bonds is 16. The average molecular weight is 527 g/mol. The molecule has 2 unspecified atom stereocenters. The summed E-state index contributed by atoms with van der Waals surface area (Å²) in [6.45, 7) is 8.63. The molecule has 0 bridgehead atoms. The van der Waals surface area contributed by atoms with Crippen LogP contribution in [0.25, 0.3) is 0 Å². The van der Waals surface area contributed by atoms with Crippen LogP contribution in [-0.2, 0) is 26.0 Å². The first kappa shape index (κ1) is 32.0. The van der Waals surface area contributed by atoms with E-state index in [1.54, 1.807) is 4.90 Å². The van der Waals surface area contributed by atoms with Crippen LogP contribution in [0.2, 0.25) is 0 Å². The lowest BCUT2D eigenvalue weighted by Crippen LogP contribution is -2.47. The van der Waals surface area contributed by atoms with E-state index < -0.39 is 27.7 Å². The molecule has 0 aliphatic rings. The van der Waals surface area contributed by atoms with Gasteiger partial charge in [-0.3, -0.25) is 9.59 Å². The van der Waals surface area contributed by atoms with E-state index in [1.807, 2.05) is 72.1 Å². The first-order valence-corrected chi connectivity index (χ1v) is 14.3. The number of sulfonamides is 1. The molecule has 9 nitrogen and oxygen atoms in total. The topological polar surface area (TPSA) is 119 Å². The first-order chi connectivity index (χ1) is 16.6. The molecule has 0 heterocycles. The second-order valence-corrected chi connectivity index (χ2v) is 13.0. The molecule has 0 spiro atoms. The fourth-order valence-electron chi connectivity index (χ4n) is 3.84. The van der Waals surface area contributed by atoms with Gasteiger partial charge in [0, 0.05) is 32.0 Å². The number of aliphatic hydroxyl groups excluding tert-OH is 1. The summed E-state index contributed by atoms with van der Waals surface area (Å²) >= 11 is 0. The number of nitrogens with zero attached hydrogens (tertiary/aromatic N) is 2. The van der Waals surface area contributed by atoms with Gasteiger partial charge in [0.1, 0.15) is 6.23 Å². The lowest BCUT2D eigenvalue weighted by Gasteiger charge is -2.31. The van der Waals surface area contributed by atoms with Crippen LogP contribution in [0, 0.1) is 11.3 Å². The number of hydrogen-bond acceptors (Lipinski definition) is 6. The highest BCUT2D eigenvalue weighted by atomic mass is 32.2. The molecule has 3 N–H and O–H groups in total. The maximum atomic E-state index is 13.0. The fourth-order valence-corrected chi connectivity index (χ4v) is 4.81. The molecule has 0 radical (unpaired) electrons. The Bertz CT molecular complexity index is 920. The van der Waals surface area contributed by atoms with E-state index in [9.17, 15) is 23.1 Å². The van der Waals surface area contributed by atoms with Crippen LogP contribution in [0.15, 0.2) is 30.3 Å². The van der Waals surface area contributed by atoms with Crippen LogP contribution in [0.4, 0.5) is 0 Å². The van der Waals surface area contributed by atoms with Crippen molar-refractivity contribution < 1.29 is 23.1 Å². The molecule has 1 rings (SSSR count). The molecular formula is C26H46N4O5S. The predicted octanol–water partition coefficient (Wildman–Crippen LogP) is 1.82. The lowest BCUT2D eigenvalue weighted by molar-refractivity contribution is -0.126. The second kappa shape index (κ2) is 14.7. The van der Waals surface area contributed by atoms with E-state index in [4.69, 9.17) is 0 Å². The third kappa shape index (κ3) is 13.3. The van der Waals surface area contributed by atoms with E-state index >= 15 is 0 Å². The Morgan fingerprint density at radius 2 is 1.69 bits per heavy atom. The number of aliphatic hydroxyl groups is 1. The van der Waals surface area contributed by atoms with Gasteiger partial charge in [0.15, 0.2) is 0 Å². The highest BCUT2D eigenvalue weighted by molar-refractivity contribution is 7.88. The average Bonchev–Trinajstić information content (AvgIpc) is 2.71. The van der Waals surface area contributed by atoms with Crippen molar-refractivity contribution in [1.29, 1.82) is 0 Å². The Morgan fingerprint density at radius 1 is 1.08 bits per heavy atom. The fraction of sp³-hybridized carbons (Fsp3) is 0.692. The predicted molar refractivity (Wildman–Crippen MR) is 144 cm³/mol. The van der Waals surface area contributed by atoms with Crippen LogP contribution in [-0.4, -0.2) is 86.8 Å². The second-order valence-electron chi connectivity index (χ2n) is 11.1. The Hall–Kier alpha value is -2.01. The van der Waals surface area contributed by atoms with Crippen molar-refractivity contribution in [2.24, 2.45) is 11.3 Å². The standard InChI is InChI=1S/C26H46N4O5S/c1-20(2)13-14-30(36(7,34)35)25(33)16-22(15-21-11-9-8-10-12-21)28-23(31)17-26(3,4)19-27-24(32)18-29(5)6/h8-12,20,22,25,33H,13-19H2,1-7H3,(H,27,32)(H,28,31). The zero-order chi connectivity index (χ0) is 27.5.